The van der Waals surface area contributed by atoms with Gasteiger partial charge in [0, 0.05) is 19.3 Å². The molecule has 3 heterocycles. The van der Waals surface area contributed by atoms with E-state index in [-0.39, 0.29) is 19.6 Å². The van der Waals surface area contributed by atoms with E-state index in [2.05, 4.69) is 5.10 Å². The van der Waals surface area contributed by atoms with Gasteiger partial charge in [-0.3, -0.25) is 9.69 Å². The van der Waals surface area contributed by atoms with E-state index in [9.17, 15) is 19.8 Å². The molecule has 0 bridgehead atoms. The van der Waals surface area contributed by atoms with Gasteiger partial charge in [-0.1, -0.05) is 6.07 Å². The van der Waals surface area contributed by atoms with E-state index in [1.54, 1.807) is 23.1 Å². The van der Waals surface area contributed by atoms with Crippen LogP contribution in [0.2, 0.25) is 0 Å². The third kappa shape index (κ3) is 2.13. The summed E-state index contributed by atoms with van der Waals surface area (Å²) in [6.45, 7) is 0.335. The van der Waals surface area contributed by atoms with Gasteiger partial charge < -0.3 is 10.2 Å². The maximum Gasteiger partial charge on any atom is 0.357 e. The molecule has 1 aliphatic heterocycles. The lowest BCUT2D eigenvalue weighted by Crippen LogP contribution is -2.37. The highest BCUT2D eigenvalue weighted by Crippen LogP contribution is 2.09. The van der Waals surface area contributed by atoms with E-state index < -0.39 is 23.8 Å². The molecule has 8 heteroatoms. The fraction of sp³-hybridized carbons (Fsp3) is 0.417. The molecule has 8 nitrogen and oxygen atoms in total. The first-order valence-corrected chi connectivity index (χ1v) is 6.24. The minimum absolute atomic E-state index is 0.0715. The van der Waals surface area contributed by atoms with E-state index in [0.717, 1.165) is 4.68 Å². The number of pyridine rings is 1. The van der Waals surface area contributed by atoms with Crippen LogP contribution in [-0.4, -0.2) is 67.0 Å². The van der Waals surface area contributed by atoms with Crippen LogP contribution in [0.15, 0.2) is 29.2 Å². The Labute approximate surface area is 113 Å². The van der Waals surface area contributed by atoms with Gasteiger partial charge in [-0.25, -0.2) is 9.20 Å². The van der Waals surface area contributed by atoms with Crippen LogP contribution in [0.1, 0.15) is 4.79 Å². The van der Waals surface area contributed by atoms with Crippen LogP contribution in [-0.2, 0) is 0 Å². The minimum Gasteiger partial charge on any atom is -0.389 e. The summed E-state index contributed by atoms with van der Waals surface area (Å²) >= 11 is 0. The lowest BCUT2D eigenvalue weighted by Gasteiger charge is -2.12. The highest BCUT2D eigenvalue weighted by molar-refractivity contribution is 5.80. The lowest BCUT2D eigenvalue weighted by molar-refractivity contribution is 0.0572. The second kappa shape index (κ2) is 4.82. The predicted molar refractivity (Wildman–Crippen MR) is 68.5 cm³/mol. The van der Waals surface area contributed by atoms with Crippen LogP contribution >= 0.6 is 0 Å². The summed E-state index contributed by atoms with van der Waals surface area (Å²) in [6.07, 6.45) is -0.182. The molecule has 1 aliphatic rings. The van der Waals surface area contributed by atoms with Crippen LogP contribution < -0.4 is 5.69 Å². The smallest absolute Gasteiger partial charge is 0.357 e. The Morgan fingerprint density at radius 3 is 2.65 bits per heavy atom. The summed E-state index contributed by atoms with van der Waals surface area (Å²) < 4.78 is 2.10. The van der Waals surface area contributed by atoms with E-state index in [4.69, 9.17) is 0 Å². The molecule has 2 N–H and O–H groups in total. The number of carbonyl (C=O) groups is 1. The molecule has 0 aromatic carbocycles. The number of carbonyl (C=O) groups excluding carboxylic acids is 1. The second-order valence-corrected chi connectivity index (χ2v) is 4.85. The van der Waals surface area contributed by atoms with Crippen molar-refractivity contribution in [3.63, 3.8) is 0 Å². The van der Waals surface area contributed by atoms with Crippen molar-refractivity contribution in [3.05, 3.63) is 34.9 Å². The van der Waals surface area contributed by atoms with Crippen molar-refractivity contribution >= 4 is 11.6 Å². The fourth-order valence-corrected chi connectivity index (χ4v) is 2.32. The molecule has 2 atom stereocenters. The number of rotatable bonds is 2. The van der Waals surface area contributed by atoms with Gasteiger partial charge in [-0.15, -0.1) is 9.78 Å². The topological polar surface area (TPSA) is 100 Å². The number of aromatic nitrogens is 3. The third-order valence-corrected chi connectivity index (χ3v) is 3.36. The monoisotopic (exact) mass is 278 g/mol. The first-order chi connectivity index (χ1) is 9.56. The molecule has 0 radical (unpaired) electrons. The second-order valence-electron chi connectivity index (χ2n) is 4.85. The highest BCUT2D eigenvalue weighted by Gasteiger charge is 2.31. The molecule has 2 aromatic heterocycles. The molecule has 0 spiro atoms. The molecule has 106 valence electrons. The molecule has 1 saturated heterocycles. The molecule has 0 saturated carbocycles. The molecule has 1 fully saturated rings. The van der Waals surface area contributed by atoms with Gasteiger partial charge >= 0.3 is 5.69 Å². The van der Waals surface area contributed by atoms with E-state index in [1.807, 2.05) is 0 Å². The Balaban J connectivity index is 1.83. The number of hydrogen-bond donors (Lipinski definition) is 2. The van der Waals surface area contributed by atoms with Crippen LogP contribution in [0.25, 0.3) is 5.65 Å². The summed E-state index contributed by atoms with van der Waals surface area (Å²) in [5.41, 5.74) is -0.127. The number of nitrogens with zero attached hydrogens (tertiary/aromatic N) is 4. The molecule has 2 aromatic rings. The van der Waals surface area contributed by atoms with Gasteiger partial charge in [0.2, 0.25) is 0 Å². The summed E-state index contributed by atoms with van der Waals surface area (Å²) in [5.74, 6) is -0.486. The van der Waals surface area contributed by atoms with Gasteiger partial charge in [0.05, 0.1) is 18.8 Å². The number of aliphatic hydroxyl groups is 2. The number of β-amino-alcohol motifs (C(OH)–C–C–N with tert-alkyl or cyclic N) is 2. The Hall–Kier alpha value is -2.03. The molecule has 0 aliphatic carbocycles. The summed E-state index contributed by atoms with van der Waals surface area (Å²) in [4.78, 5) is 25.7. The normalized spacial score (nSPS) is 23.5. The first kappa shape index (κ1) is 13.0. The molecular formula is C12H14N4O4. The first-order valence-electron chi connectivity index (χ1n) is 6.24. The molecule has 0 amide bonds. The van der Waals surface area contributed by atoms with Crippen LogP contribution in [0.4, 0.5) is 0 Å². The van der Waals surface area contributed by atoms with Crippen LogP contribution in [0.5, 0.6) is 0 Å². The zero-order valence-electron chi connectivity index (χ0n) is 10.6. The van der Waals surface area contributed by atoms with E-state index in [0.29, 0.717) is 5.65 Å². The van der Waals surface area contributed by atoms with Crippen molar-refractivity contribution in [2.24, 2.45) is 0 Å². The van der Waals surface area contributed by atoms with Crippen molar-refractivity contribution in [2.75, 3.05) is 19.6 Å². The van der Waals surface area contributed by atoms with E-state index in [1.165, 1.54) is 10.6 Å². The van der Waals surface area contributed by atoms with Crippen LogP contribution in [0, 0.1) is 0 Å². The number of likely N-dealkylation sites (tertiary alicyclic amines) is 1. The Morgan fingerprint density at radius 2 is 2.00 bits per heavy atom. The van der Waals surface area contributed by atoms with Gasteiger partial charge in [0.25, 0.3) is 5.91 Å². The number of fused-ring (bicyclic) bond motifs is 1. The Bertz CT molecular complexity index is 697. The van der Waals surface area contributed by atoms with Crippen molar-refractivity contribution < 1.29 is 15.0 Å². The van der Waals surface area contributed by atoms with E-state index >= 15 is 0 Å². The average Bonchev–Trinajstić information content (AvgIpc) is 2.91. The Kier molecular flexibility index (Phi) is 3.13. The molecule has 20 heavy (non-hydrogen) atoms. The third-order valence-electron chi connectivity index (χ3n) is 3.36. The zero-order valence-corrected chi connectivity index (χ0v) is 10.6. The highest BCUT2D eigenvalue weighted by atomic mass is 16.3. The quantitative estimate of drug-likeness (QED) is 0.670. The minimum atomic E-state index is -0.861. The van der Waals surface area contributed by atoms with Gasteiger partial charge in [-0.05, 0) is 12.1 Å². The standard InChI is InChI=1S/C12H14N4O4/c17-8-5-14(6-9(8)18)7-11(19)16-12(20)15-4-2-1-3-10(15)13-16/h1-4,8-9,17-18H,5-7H2. The summed E-state index contributed by atoms with van der Waals surface area (Å²) in [6, 6.07) is 5.04. The van der Waals surface area contributed by atoms with Crippen molar-refractivity contribution in [1.29, 1.82) is 0 Å². The molecule has 2 unspecified atom stereocenters. The number of aliphatic hydroxyl groups excluding tert-OH is 2. The van der Waals surface area contributed by atoms with Gasteiger partial charge in [0.15, 0.2) is 5.65 Å². The lowest BCUT2D eigenvalue weighted by atomic mass is 10.3. The van der Waals surface area contributed by atoms with Crippen molar-refractivity contribution in [3.8, 4) is 0 Å². The number of hydrogen-bond acceptors (Lipinski definition) is 6. The predicted octanol–water partition coefficient (Wildman–Crippen LogP) is -1.83. The van der Waals surface area contributed by atoms with Crippen molar-refractivity contribution in [2.45, 2.75) is 12.2 Å². The van der Waals surface area contributed by atoms with Crippen LogP contribution in [0.3, 0.4) is 0 Å². The summed E-state index contributed by atoms with van der Waals surface area (Å²) in [7, 11) is 0. The van der Waals surface area contributed by atoms with Gasteiger partial charge in [-0.2, -0.15) is 0 Å². The summed E-state index contributed by atoms with van der Waals surface area (Å²) in [5, 5.41) is 22.8. The molecule has 3 rings (SSSR count). The maximum absolute atomic E-state index is 12.1. The van der Waals surface area contributed by atoms with Gasteiger partial charge in [0.1, 0.15) is 0 Å². The average molecular weight is 278 g/mol. The molecular weight excluding hydrogens is 264 g/mol. The SMILES string of the molecule is O=C(CN1CC(O)C(O)C1)n1nc2ccccn2c1=O. The largest absolute Gasteiger partial charge is 0.389 e. The fourth-order valence-electron chi connectivity index (χ4n) is 2.32. The van der Waals surface area contributed by atoms with Crippen molar-refractivity contribution in [1.82, 2.24) is 19.1 Å². The Morgan fingerprint density at radius 1 is 1.30 bits per heavy atom. The zero-order chi connectivity index (χ0) is 14.3. The maximum atomic E-state index is 12.1.